The van der Waals surface area contributed by atoms with E-state index in [4.69, 9.17) is 0 Å². The molecule has 1 aromatic carbocycles. The molecule has 1 amide bonds. The Labute approximate surface area is 191 Å². The van der Waals surface area contributed by atoms with E-state index in [1.54, 1.807) is 0 Å². The standard InChI is InChI=1S/C21H30N6O.2ClH/c1-25(18-9-13-26(14-10-18)15-17-5-3-2-4-6-17)21(28)20-16-27(24-23-20)19-7-11-22-12-8-19;;/h2-6,16,18-19,22H,7-15H2,1H3;2*1H. The lowest BCUT2D eigenvalue weighted by Crippen LogP contribution is -2.45. The summed E-state index contributed by atoms with van der Waals surface area (Å²) in [4.78, 5) is 17.2. The lowest BCUT2D eigenvalue weighted by Gasteiger charge is -2.36. The summed E-state index contributed by atoms with van der Waals surface area (Å²) < 4.78 is 1.88. The van der Waals surface area contributed by atoms with E-state index in [9.17, 15) is 4.79 Å². The van der Waals surface area contributed by atoms with Gasteiger partial charge >= 0.3 is 0 Å². The summed E-state index contributed by atoms with van der Waals surface area (Å²) >= 11 is 0. The van der Waals surface area contributed by atoms with E-state index in [0.29, 0.717) is 11.7 Å². The first-order chi connectivity index (χ1) is 13.7. The summed E-state index contributed by atoms with van der Waals surface area (Å²) in [6.45, 7) is 5.00. The van der Waals surface area contributed by atoms with Crippen LogP contribution in [0.25, 0.3) is 0 Å². The third-order valence-corrected chi connectivity index (χ3v) is 6.09. The second-order valence-electron chi connectivity index (χ2n) is 7.97. The number of halogens is 2. The average molecular weight is 455 g/mol. The Kier molecular flexibility index (Phi) is 9.55. The fourth-order valence-corrected chi connectivity index (χ4v) is 4.28. The number of carbonyl (C=O) groups is 1. The van der Waals surface area contributed by atoms with Crippen LogP contribution in [-0.2, 0) is 6.54 Å². The van der Waals surface area contributed by atoms with Gasteiger partial charge < -0.3 is 10.2 Å². The molecule has 30 heavy (non-hydrogen) atoms. The van der Waals surface area contributed by atoms with Gasteiger partial charge in [-0.3, -0.25) is 9.69 Å². The maximum Gasteiger partial charge on any atom is 0.276 e. The number of piperidine rings is 2. The van der Waals surface area contributed by atoms with Crippen molar-refractivity contribution in [2.45, 2.75) is 44.3 Å². The van der Waals surface area contributed by atoms with Crippen molar-refractivity contribution in [3.05, 3.63) is 47.8 Å². The zero-order valence-corrected chi connectivity index (χ0v) is 19.1. The molecule has 1 aromatic heterocycles. The van der Waals surface area contributed by atoms with Crippen molar-refractivity contribution in [2.75, 3.05) is 33.2 Å². The molecule has 0 unspecified atom stereocenters. The maximum absolute atomic E-state index is 12.9. The molecule has 0 spiro atoms. The molecule has 4 rings (SSSR count). The molecule has 0 saturated carbocycles. The van der Waals surface area contributed by atoms with Crippen molar-refractivity contribution in [2.24, 2.45) is 0 Å². The summed E-state index contributed by atoms with van der Waals surface area (Å²) in [5.41, 5.74) is 1.81. The largest absolute Gasteiger partial charge is 0.337 e. The molecule has 9 heteroatoms. The molecular weight excluding hydrogens is 423 g/mol. The van der Waals surface area contributed by atoms with Gasteiger partial charge in [-0.25, -0.2) is 4.68 Å². The molecule has 3 heterocycles. The summed E-state index contributed by atoms with van der Waals surface area (Å²) in [5, 5.41) is 11.8. The molecule has 0 bridgehead atoms. The Balaban J connectivity index is 0.00000160. The number of amides is 1. The van der Waals surface area contributed by atoms with E-state index in [1.807, 2.05) is 22.8 Å². The van der Waals surface area contributed by atoms with Crippen molar-refractivity contribution >= 4 is 30.7 Å². The Hall–Kier alpha value is -1.67. The number of rotatable bonds is 5. The minimum absolute atomic E-state index is 0. The van der Waals surface area contributed by atoms with Crippen molar-refractivity contribution in [3.8, 4) is 0 Å². The van der Waals surface area contributed by atoms with Gasteiger partial charge in [-0.05, 0) is 44.3 Å². The number of aromatic nitrogens is 3. The minimum atomic E-state index is -0.0123. The van der Waals surface area contributed by atoms with Crippen molar-refractivity contribution in [1.82, 2.24) is 30.1 Å². The molecule has 166 valence electrons. The fraction of sp³-hybridized carbons (Fsp3) is 0.571. The van der Waals surface area contributed by atoms with E-state index in [2.05, 4.69) is 50.9 Å². The van der Waals surface area contributed by atoms with Crippen molar-refractivity contribution in [1.29, 1.82) is 0 Å². The molecule has 2 saturated heterocycles. The normalized spacial score (nSPS) is 18.3. The van der Waals surface area contributed by atoms with Gasteiger partial charge in [-0.1, -0.05) is 35.5 Å². The van der Waals surface area contributed by atoms with Crippen LogP contribution >= 0.6 is 24.8 Å². The van der Waals surface area contributed by atoms with E-state index < -0.39 is 0 Å². The zero-order chi connectivity index (χ0) is 19.3. The van der Waals surface area contributed by atoms with E-state index in [1.165, 1.54) is 5.56 Å². The molecule has 0 radical (unpaired) electrons. The summed E-state index contributed by atoms with van der Waals surface area (Å²) in [7, 11) is 1.91. The van der Waals surface area contributed by atoms with Crippen LogP contribution in [0.1, 0.15) is 47.8 Å². The van der Waals surface area contributed by atoms with Gasteiger partial charge in [-0.2, -0.15) is 0 Å². The molecule has 0 atom stereocenters. The lowest BCUT2D eigenvalue weighted by atomic mass is 10.0. The third-order valence-electron chi connectivity index (χ3n) is 6.09. The first kappa shape index (κ1) is 24.6. The monoisotopic (exact) mass is 454 g/mol. The van der Waals surface area contributed by atoms with Crippen LogP contribution < -0.4 is 5.32 Å². The zero-order valence-electron chi connectivity index (χ0n) is 17.4. The number of likely N-dealkylation sites (tertiary alicyclic amines) is 1. The van der Waals surface area contributed by atoms with Gasteiger partial charge in [0.25, 0.3) is 5.91 Å². The smallest absolute Gasteiger partial charge is 0.276 e. The SMILES string of the molecule is CN(C(=O)c1cn(C2CCNCC2)nn1)C1CCN(Cc2ccccc2)CC1.Cl.Cl. The Bertz CT molecular complexity index is 773. The highest BCUT2D eigenvalue weighted by Crippen LogP contribution is 2.20. The highest BCUT2D eigenvalue weighted by atomic mass is 35.5. The minimum Gasteiger partial charge on any atom is -0.337 e. The van der Waals surface area contributed by atoms with Gasteiger partial charge in [0, 0.05) is 32.7 Å². The van der Waals surface area contributed by atoms with Crippen molar-refractivity contribution in [3.63, 3.8) is 0 Å². The van der Waals surface area contributed by atoms with Gasteiger partial charge in [0.15, 0.2) is 5.69 Å². The number of hydrogen-bond acceptors (Lipinski definition) is 5. The second kappa shape index (κ2) is 11.6. The second-order valence-corrected chi connectivity index (χ2v) is 7.97. The van der Waals surface area contributed by atoms with E-state index >= 15 is 0 Å². The third kappa shape index (κ3) is 5.94. The Morgan fingerprint density at radius 3 is 2.43 bits per heavy atom. The van der Waals surface area contributed by atoms with Crippen molar-refractivity contribution < 1.29 is 4.79 Å². The molecular formula is C21H32Cl2N6O. The molecule has 0 aliphatic carbocycles. The molecule has 2 aromatic rings. The van der Waals surface area contributed by atoms with Gasteiger partial charge in [-0.15, -0.1) is 29.9 Å². The Morgan fingerprint density at radius 1 is 1.10 bits per heavy atom. The first-order valence-electron chi connectivity index (χ1n) is 10.4. The molecule has 2 aliphatic rings. The summed E-state index contributed by atoms with van der Waals surface area (Å²) in [6.07, 6.45) is 5.90. The average Bonchev–Trinajstić information content (AvgIpc) is 3.25. The van der Waals surface area contributed by atoms with Crippen LogP contribution in [-0.4, -0.2) is 70.0 Å². The molecule has 2 fully saturated rings. The van der Waals surface area contributed by atoms with Crippen LogP contribution in [0.15, 0.2) is 36.5 Å². The fourth-order valence-electron chi connectivity index (χ4n) is 4.28. The number of hydrogen-bond donors (Lipinski definition) is 1. The highest BCUT2D eigenvalue weighted by molar-refractivity contribution is 5.92. The van der Waals surface area contributed by atoms with Crippen LogP contribution in [0.4, 0.5) is 0 Å². The van der Waals surface area contributed by atoms with Crippen LogP contribution in [0.2, 0.25) is 0 Å². The maximum atomic E-state index is 12.9. The van der Waals surface area contributed by atoms with E-state index in [0.717, 1.165) is 58.4 Å². The van der Waals surface area contributed by atoms with Crippen LogP contribution in [0.5, 0.6) is 0 Å². The molecule has 1 N–H and O–H groups in total. The predicted molar refractivity (Wildman–Crippen MR) is 122 cm³/mol. The Morgan fingerprint density at radius 2 is 1.77 bits per heavy atom. The van der Waals surface area contributed by atoms with Crippen LogP contribution in [0, 0.1) is 0 Å². The molecule has 7 nitrogen and oxygen atoms in total. The molecule has 2 aliphatic heterocycles. The quantitative estimate of drug-likeness (QED) is 0.751. The number of nitrogens with zero attached hydrogens (tertiary/aromatic N) is 5. The summed E-state index contributed by atoms with van der Waals surface area (Å²) in [5.74, 6) is -0.0123. The number of benzene rings is 1. The summed E-state index contributed by atoms with van der Waals surface area (Å²) in [6, 6.07) is 11.2. The predicted octanol–water partition coefficient (Wildman–Crippen LogP) is 2.78. The number of nitrogens with one attached hydrogen (secondary N) is 1. The highest BCUT2D eigenvalue weighted by Gasteiger charge is 2.28. The lowest BCUT2D eigenvalue weighted by molar-refractivity contribution is 0.0630. The van der Waals surface area contributed by atoms with Gasteiger partial charge in [0.2, 0.25) is 0 Å². The van der Waals surface area contributed by atoms with Crippen LogP contribution in [0.3, 0.4) is 0 Å². The topological polar surface area (TPSA) is 66.3 Å². The van der Waals surface area contributed by atoms with E-state index in [-0.39, 0.29) is 36.8 Å². The van der Waals surface area contributed by atoms with Gasteiger partial charge in [0.1, 0.15) is 0 Å². The number of carbonyl (C=O) groups excluding carboxylic acids is 1. The van der Waals surface area contributed by atoms with Gasteiger partial charge in [0.05, 0.1) is 12.2 Å². The first-order valence-corrected chi connectivity index (χ1v) is 10.4.